The molecule has 260 valence electrons. The van der Waals surface area contributed by atoms with Crippen LogP contribution in [-0.2, 0) is 0 Å². The molecule has 0 fully saturated rings. The highest BCUT2D eigenvalue weighted by molar-refractivity contribution is 7.00. The fraction of sp³-hybridized carbons (Fsp3) is 0.125. The summed E-state index contributed by atoms with van der Waals surface area (Å²) in [4.78, 5) is 14.8. The van der Waals surface area contributed by atoms with Crippen LogP contribution in [0.25, 0.3) is 33.8 Å². The molecule has 0 spiro atoms. The number of hydrogen-bond acceptors (Lipinski definition) is 5. The SMILES string of the molecule is Cc1cc(C)c(N2c3ccc(-c4ccccn4)cc3B3c4cc(-c5nc6ccccc6o5)ccc4N(c4c(C)cc(C)cc4C)c4cccc2c43)c(C)c1. The van der Waals surface area contributed by atoms with Crippen LogP contribution in [0.5, 0.6) is 0 Å². The zero-order chi connectivity index (χ0) is 36.8. The fourth-order valence-electron chi connectivity index (χ4n) is 9.30. The maximum atomic E-state index is 6.40. The molecule has 4 heterocycles. The number of anilines is 6. The van der Waals surface area contributed by atoms with Crippen LogP contribution in [0.2, 0.25) is 0 Å². The van der Waals surface area contributed by atoms with Gasteiger partial charge in [-0.3, -0.25) is 4.98 Å². The van der Waals surface area contributed by atoms with Crippen molar-refractivity contribution in [3.8, 4) is 22.7 Å². The lowest BCUT2D eigenvalue weighted by Crippen LogP contribution is -2.61. The number of pyridine rings is 1. The van der Waals surface area contributed by atoms with E-state index in [1.165, 1.54) is 78.2 Å². The molecule has 0 bridgehead atoms. The summed E-state index contributed by atoms with van der Waals surface area (Å²) in [7, 11) is 0. The summed E-state index contributed by atoms with van der Waals surface area (Å²) in [6.07, 6.45) is 1.88. The van der Waals surface area contributed by atoms with Crippen molar-refractivity contribution in [2.45, 2.75) is 41.5 Å². The van der Waals surface area contributed by atoms with E-state index >= 15 is 0 Å². The Morgan fingerprint density at radius 3 is 1.65 bits per heavy atom. The molecule has 6 heteroatoms. The van der Waals surface area contributed by atoms with Crippen LogP contribution in [0, 0.1) is 41.5 Å². The van der Waals surface area contributed by atoms with Gasteiger partial charge in [0.05, 0.1) is 17.1 Å². The summed E-state index contributed by atoms with van der Waals surface area (Å²) in [5.41, 5.74) is 23.0. The second kappa shape index (κ2) is 12.1. The van der Waals surface area contributed by atoms with Gasteiger partial charge in [0, 0.05) is 34.5 Å². The van der Waals surface area contributed by atoms with Crippen LogP contribution in [0.3, 0.4) is 0 Å². The highest BCUT2D eigenvalue weighted by Gasteiger charge is 2.44. The molecule has 0 radical (unpaired) electrons. The molecular formula is C48H39BN4O. The molecule has 8 aromatic rings. The van der Waals surface area contributed by atoms with E-state index in [2.05, 4.69) is 142 Å². The standard InChI is InChI=1S/C48H39BN4O/c1-28-22-30(3)46(31(4)23-28)52-40-19-17-34(38-12-9-10-21-50-38)26-36(40)49-37-27-35(48-51-39-13-7-8-16-44(39)54-48)18-20-41(37)53(43-15-11-14-42(52)45(43)49)47-32(5)24-29(2)25-33(47)6/h7-27H,1-6H3. The van der Waals surface area contributed by atoms with Crippen molar-refractivity contribution in [2.75, 3.05) is 9.80 Å². The largest absolute Gasteiger partial charge is 0.436 e. The lowest BCUT2D eigenvalue weighted by Gasteiger charge is -2.45. The van der Waals surface area contributed by atoms with Gasteiger partial charge >= 0.3 is 0 Å². The van der Waals surface area contributed by atoms with E-state index < -0.39 is 0 Å². The van der Waals surface area contributed by atoms with Crippen molar-refractivity contribution in [1.82, 2.24) is 9.97 Å². The lowest BCUT2D eigenvalue weighted by atomic mass is 9.33. The molecule has 6 aromatic carbocycles. The minimum Gasteiger partial charge on any atom is -0.436 e. The average Bonchev–Trinajstić information content (AvgIpc) is 3.60. The van der Waals surface area contributed by atoms with Gasteiger partial charge in [0.2, 0.25) is 5.89 Å². The predicted octanol–water partition coefficient (Wildman–Crippen LogP) is 10.5. The first-order valence-corrected chi connectivity index (χ1v) is 18.7. The molecule has 0 saturated carbocycles. The molecule has 5 nitrogen and oxygen atoms in total. The Kier molecular flexibility index (Phi) is 7.21. The lowest BCUT2D eigenvalue weighted by molar-refractivity contribution is 0.620. The van der Waals surface area contributed by atoms with Gasteiger partial charge in [0.15, 0.2) is 5.58 Å². The van der Waals surface area contributed by atoms with Gasteiger partial charge in [0.1, 0.15) is 5.52 Å². The normalized spacial score (nSPS) is 12.9. The van der Waals surface area contributed by atoms with E-state index in [1.807, 2.05) is 36.5 Å². The smallest absolute Gasteiger partial charge is 0.252 e. The van der Waals surface area contributed by atoms with Crippen molar-refractivity contribution >= 4 is 68.3 Å². The van der Waals surface area contributed by atoms with E-state index in [1.54, 1.807) is 0 Å². The number of benzene rings is 6. The van der Waals surface area contributed by atoms with Gasteiger partial charge in [-0.15, -0.1) is 0 Å². The van der Waals surface area contributed by atoms with E-state index in [0.29, 0.717) is 5.89 Å². The molecular weight excluding hydrogens is 659 g/mol. The van der Waals surface area contributed by atoms with E-state index in [4.69, 9.17) is 14.4 Å². The Hall–Kier alpha value is -6.40. The number of aryl methyl sites for hydroxylation is 6. The van der Waals surface area contributed by atoms with Gasteiger partial charge < -0.3 is 14.2 Å². The predicted molar refractivity (Wildman–Crippen MR) is 225 cm³/mol. The summed E-state index contributed by atoms with van der Waals surface area (Å²) < 4.78 is 6.40. The Labute approximate surface area is 316 Å². The molecule has 0 N–H and O–H groups in total. The van der Waals surface area contributed by atoms with Crippen molar-refractivity contribution < 1.29 is 4.42 Å². The molecule has 0 atom stereocenters. The Balaban J connectivity index is 1.31. The van der Waals surface area contributed by atoms with E-state index in [9.17, 15) is 0 Å². The van der Waals surface area contributed by atoms with Crippen molar-refractivity contribution in [3.05, 3.63) is 161 Å². The Morgan fingerprint density at radius 2 is 1.07 bits per heavy atom. The van der Waals surface area contributed by atoms with Crippen molar-refractivity contribution in [1.29, 1.82) is 0 Å². The molecule has 0 unspecified atom stereocenters. The van der Waals surface area contributed by atoms with Crippen LogP contribution >= 0.6 is 0 Å². The summed E-state index contributed by atoms with van der Waals surface area (Å²) in [6.45, 7) is 13.3. The fourth-order valence-corrected chi connectivity index (χ4v) is 9.30. The summed E-state index contributed by atoms with van der Waals surface area (Å²) in [5.74, 6) is 0.623. The quantitative estimate of drug-likeness (QED) is 0.171. The average molecular weight is 699 g/mol. The zero-order valence-corrected chi connectivity index (χ0v) is 31.4. The van der Waals surface area contributed by atoms with Crippen LogP contribution in [0.4, 0.5) is 34.1 Å². The third kappa shape index (κ3) is 4.86. The second-order valence-electron chi connectivity index (χ2n) is 15.1. The zero-order valence-electron chi connectivity index (χ0n) is 31.4. The van der Waals surface area contributed by atoms with Crippen LogP contribution in [-0.4, -0.2) is 16.7 Å². The number of hydrogen-bond donors (Lipinski definition) is 0. The van der Waals surface area contributed by atoms with Crippen molar-refractivity contribution in [3.63, 3.8) is 0 Å². The Bertz CT molecular complexity index is 2730. The van der Waals surface area contributed by atoms with Gasteiger partial charge in [-0.25, -0.2) is 4.98 Å². The molecule has 2 aliphatic heterocycles. The molecule has 0 amide bonds. The topological polar surface area (TPSA) is 45.4 Å². The number of oxazole rings is 1. The number of fused-ring (bicyclic) bond motifs is 5. The minimum absolute atomic E-state index is 0.0705. The molecule has 2 aliphatic rings. The third-order valence-electron chi connectivity index (χ3n) is 11.2. The minimum atomic E-state index is -0.0705. The maximum Gasteiger partial charge on any atom is 0.252 e. The molecule has 0 saturated heterocycles. The van der Waals surface area contributed by atoms with Gasteiger partial charge in [-0.2, -0.15) is 0 Å². The van der Waals surface area contributed by atoms with Gasteiger partial charge in [-0.05, 0) is 140 Å². The van der Waals surface area contributed by atoms with E-state index in [-0.39, 0.29) is 6.71 Å². The maximum absolute atomic E-state index is 6.40. The molecule has 54 heavy (non-hydrogen) atoms. The molecule has 2 aromatic heterocycles. The monoisotopic (exact) mass is 698 g/mol. The summed E-state index contributed by atoms with van der Waals surface area (Å²) in [5, 5.41) is 0. The van der Waals surface area contributed by atoms with Crippen LogP contribution in [0.1, 0.15) is 33.4 Å². The first kappa shape index (κ1) is 32.3. The van der Waals surface area contributed by atoms with Crippen molar-refractivity contribution in [2.24, 2.45) is 0 Å². The van der Waals surface area contributed by atoms with Gasteiger partial charge in [0.25, 0.3) is 6.71 Å². The first-order chi connectivity index (χ1) is 26.2. The highest BCUT2D eigenvalue weighted by Crippen LogP contribution is 2.47. The van der Waals surface area contributed by atoms with Crippen LogP contribution in [0.15, 0.2) is 132 Å². The second-order valence-corrected chi connectivity index (χ2v) is 15.1. The molecule has 10 rings (SSSR count). The number of nitrogens with zero attached hydrogens (tertiary/aromatic N) is 4. The highest BCUT2D eigenvalue weighted by atomic mass is 16.3. The third-order valence-corrected chi connectivity index (χ3v) is 11.2. The number of para-hydroxylation sites is 2. The first-order valence-electron chi connectivity index (χ1n) is 18.7. The van der Waals surface area contributed by atoms with Crippen LogP contribution < -0.4 is 26.2 Å². The number of rotatable bonds is 4. The Morgan fingerprint density at radius 1 is 0.519 bits per heavy atom. The van der Waals surface area contributed by atoms with Gasteiger partial charge in [-0.1, -0.05) is 77.9 Å². The summed E-state index contributed by atoms with van der Waals surface area (Å²) in [6, 6.07) is 43.9. The summed E-state index contributed by atoms with van der Waals surface area (Å²) >= 11 is 0. The van der Waals surface area contributed by atoms with E-state index in [0.717, 1.165) is 33.6 Å². The number of aromatic nitrogens is 2. The molecule has 0 aliphatic carbocycles.